The Balaban J connectivity index is 1.75. The first-order chi connectivity index (χ1) is 12.8. The topological polar surface area (TPSA) is 98.5 Å². The SMILES string of the molecule is Cc1cc(OC2CCCN(C(=O)c3cccc([N+](=O)[O-])c3C)C2)nc(C)n1. The molecular formula is C19H22N4O4. The Morgan fingerprint density at radius 3 is 2.78 bits per heavy atom. The number of nitro benzene ring substituents is 1. The Morgan fingerprint density at radius 1 is 1.30 bits per heavy atom. The van der Waals surface area contributed by atoms with Crippen LogP contribution in [0.15, 0.2) is 24.3 Å². The van der Waals surface area contributed by atoms with Crippen LogP contribution in [0.2, 0.25) is 0 Å². The van der Waals surface area contributed by atoms with Gasteiger partial charge in [0, 0.05) is 35.5 Å². The highest BCUT2D eigenvalue weighted by molar-refractivity contribution is 5.96. The highest BCUT2D eigenvalue weighted by Gasteiger charge is 2.28. The van der Waals surface area contributed by atoms with E-state index in [2.05, 4.69) is 9.97 Å². The highest BCUT2D eigenvalue weighted by atomic mass is 16.6. The molecule has 8 heteroatoms. The molecule has 1 fully saturated rings. The number of nitro groups is 1. The molecule has 1 aliphatic rings. The number of carbonyl (C=O) groups excluding carboxylic acids is 1. The minimum atomic E-state index is -0.464. The van der Waals surface area contributed by atoms with E-state index in [0.717, 1.165) is 18.5 Å². The van der Waals surface area contributed by atoms with E-state index in [1.807, 2.05) is 13.8 Å². The van der Waals surface area contributed by atoms with Gasteiger partial charge >= 0.3 is 0 Å². The molecule has 0 saturated carbocycles. The van der Waals surface area contributed by atoms with Crippen molar-refractivity contribution >= 4 is 11.6 Å². The maximum atomic E-state index is 12.9. The lowest BCUT2D eigenvalue weighted by molar-refractivity contribution is -0.385. The van der Waals surface area contributed by atoms with E-state index >= 15 is 0 Å². The van der Waals surface area contributed by atoms with E-state index in [1.165, 1.54) is 6.07 Å². The summed E-state index contributed by atoms with van der Waals surface area (Å²) in [5.41, 5.74) is 1.53. The predicted molar refractivity (Wildman–Crippen MR) is 98.9 cm³/mol. The number of aryl methyl sites for hydroxylation is 2. The number of carbonyl (C=O) groups is 1. The normalized spacial score (nSPS) is 16.9. The molecule has 2 aromatic rings. The zero-order valence-electron chi connectivity index (χ0n) is 15.6. The van der Waals surface area contributed by atoms with Crippen molar-refractivity contribution in [3.8, 4) is 5.88 Å². The van der Waals surface area contributed by atoms with E-state index in [1.54, 1.807) is 30.0 Å². The number of hydrogen-bond donors (Lipinski definition) is 0. The lowest BCUT2D eigenvalue weighted by atomic mass is 10.0. The third-order valence-electron chi connectivity index (χ3n) is 4.63. The highest BCUT2D eigenvalue weighted by Crippen LogP contribution is 2.24. The van der Waals surface area contributed by atoms with Crippen molar-refractivity contribution in [2.24, 2.45) is 0 Å². The van der Waals surface area contributed by atoms with Gasteiger partial charge < -0.3 is 9.64 Å². The van der Waals surface area contributed by atoms with Gasteiger partial charge in [-0.1, -0.05) is 6.07 Å². The largest absolute Gasteiger partial charge is 0.472 e. The number of piperidine rings is 1. The second-order valence-corrected chi connectivity index (χ2v) is 6.73. The lowest BCUT2D eigenvalue weighted by Gasteiger charge is -2.33. The maximum Gasteiger partial charge on any atom is 0.273 e. The Morgan fingerprint density at radius 2 is 2.07 bits per heavy atom. The molecule has 0 radical (unpaired) electrons. The fraction of sp³-hybridized carbons (Fsp3) is 0.421. The molecule has 1 saturated heterocycles. The van der Waals surface area contributed by atoms with E-state index < -0.39 is 4.92 Å². The second-order valence-electron chi connectivity index (χ2n) is 6.73. The summed E-state index contributed by atoms with van der Waals surface area (Å²) in [4.78, 5) is 33.8. The van der Waals surface area contributed by atoms with Gasteiger partial charge in [0.05, 0.1) is 11.5 Å². The molecular weight excluding hydrogens is 348 g/mol. The van der Waals surface area contributed by atoms with Crippen molar-refractivity contribution in [1.29, 1.82) is 0 Å². The van der Waals surface area contributed by atoms with Gasteiger partial charge in [-0.15, -0.1) is 0 Å². The number of nitrogens with zero attached hydrogens (tertiary/aromatic N) is 4. The van der Waals surface area contributed by atoms with Crippen LogP contribution < -0.4 is 4.74 Å². The molecule has 142 valence electrons. The maximum absolute atomic E-state index is 12.9. The standard InChI is InChI=1S/C19H22N4O4/c1-12-10-18(21-14(3)20-12)27-15-6-5-9-22(11-15)19(24)16-7-4-8-17(13(16)2)23(25)26/h4,7-8,10,15H,5-6,9,11H2,1-3H3. The molecule has 8 nitrogen and oxygen atoms in total. The van der Waals surface area contributed by atoms with Crippen LogP contribution >= 0.6 is 0 Å². The van der Waals surface area contributed by atoms with Gasteiger partial charge in [0.15, 0.2) is 0 Å². The van der Waals surface area contributed by atoms with Crippen molar-refractivity contribution in [2.45, 2.75) is 39.7 Å². The van der Waals surface area contributed by atoms with Crippen LogP contribution in [0, 0.1) is 30.9 Å². The minimum absolute atomic E-state index is 0.0439. The van der Waals surface area contributed by atoms with Crippen LogP contribution in [0.25, 0.3) is 0 Å². The van der Waals surface area contributed by atoms with Crippen LogP contribution in [0.5, 0.6) is 5.88 Å². The molecule has 1 atom stereocenters. The van der Waals surface area contributed by atoms with Gasteiger partial charge in [0.25, 0.3) is 11.6 Å². The van der Waals surface area contributed by atoms with E-state index in [-0.39, 0.29) is 17.7 Å². The first-order valence-electron chi connectivity index (χ1n) is 8.87. The molecule has 0 bridgehead atoms. The molecule has 1 aromatic heterocycles. The van der Waals surface area contributed by atoms with Crippen LogP contribution in [0.4, 0.5) is 5.69 Å². The third-order valence-corrected chi connectivity index (χ3v) is 4.63. The van der Waals surface area contributed by atoms with Gasteiger partial charge in [-0.25, -0.2) is 4.98 Å². The van der Waals surface area contributed by atoms with Crippen molar-refractivity contribution in [1.82, 2.24) is 14.9 Å². The number of likely N-dealkylation sites (tertiary alicyclic amines) is 1. The number of hydrogen-bond acceptors (Lipinski definition) is 6. The summed E-state index contributed by atoms with van der Waals surface area (Å²) in [5, 5.41) is 11.1. The molecule has 0 spiro atoms. The Hall–Kier alpha value is -3.03. The van der Waals surface area contributed by atoms with Crippen LogP contribution in [0.3, 0.4) is 0 Å². The molecule has 0 aliphatic carbocycles. The Bertz CT molecular complexity index is 864. The molecule has 2 heterocycles. The average Bonchev–Trinajstić information content (AvgIpc) is 2.60. The number of rotatable bonds is 4. The quantitative estimate of drug-likeness (QED) is 0.606. The van der Waals surface area contributed by atoms with Gasteiger partial charge in [0.1, 0.15) is 11.9 Å². The van der Waals surface area contributed by atoms with E-state index in [4.69, 9.17) is 4.74 Å². The molecule has 1 aromatic carbocycles. The van der Waals surface area contributed by atoms with Crippen molar-refractivity contribution < 1.29 is 14.5 Å². The predicted octanol–water partition coefficient (Wildman–Crippen LogP) is 2.99. The number of aromatic nitrogens is 2. The first kappa shape index (κ1) is 18.8. The summed E-state index contributed by atoms with van der Waals surface area (Å²) in [7, 11) is 0. The summed E-state index contributed by atoms with van der Waals surface area (Å²) in [5.74, 6) is 0.936. The molecule has 3 rings (SSSR count). The summed E-state index contributed by atoms with van der Waals surface area (Å²) in [6, 6.07) is 6.36. The number of benzene rings is 1. The zero-order valence-corrected chi connectivity index (χ0v) is 15.6. The number of amides is 1. The molecule has 1 amide bonds. The fourth-order valence-corrected chi connectivity index (χ4v) is 3.36. The van der Waals surface area contributed by atoms with Crippen molar-refractivity contribution in [3.05, 3.63) is 57.0 Å². The molecule has 1 unspecified atom stereocenters. The first-order valence-corrected chi connectivity index (χ1v) is 8.87. The summed E-state index contributed by atoms with van der Waals surface area (Å²) >= 11 is 0. The van der Waals surface area contributed by atoms with Gasteiger partial charge in [0.2, 0.25) is 5.88 Å². The average molecular weight is 370 g/mol. The third kappa shape index (κ3) is 4.21. The molecule has 1 aliphatic heterocycles. The number of ether oxygens (including phenoxy) is 1. The summed E-state index contributed by atoms with van der Waals surface area (Å²) in [6.07, 6.45) is 1.45. The van der Waals surface area contributed by atoms with Crippen LogP contribution in [-0.4, -0.2) is 44.9 Å². The van der Waals surface area contributed by atoms with E-state index in [9.17, 15) is 14.9 Å². The fourth-order valence-electron chi connectivity index (χ4n) is 3.36. The minimum Gasteiger partial charge on any atom is -0.472 e. The monoisotopic (exact) mass is 370 g/mol. The zero-order chi connectivity index (χ0) is 19.6. The van der Waals surface area contributed by atoms with Crippen LogP contribution in [-0.2, 0) is 0 Å². The second kappa shape index (κ2) is 7.69. The summed E-state index contributed by atoms with van der Waals surface area (Å²) in [6.45, 7) is 6.31. The molecule has 0 N–H and O–H groups in total. The Labute approximate surface area is 157 Å². The van der Waals surface area contributed by atoms with Crippen LogP contribution in [0.1, 0.15) is 40.3 Å². The smallest absolute Gasteiger partial charge is 0.273 e. The van der Waals surface area contributed by atoms with Gasteiger partial charge in [-0.3, -0.25) is 14.9 Å². The van der Waals surface area contributed by atoms with Gasteiger partial charge in [-0.2, -0.15) is 4.98 Å². The van der Waals surface area contributed by atoms with E-state index in [0.29, 0.717) is 35.9 Å². The van der Waals surface area contributed by atoms with Gasteiger partial charge in [-0.05, 0) is 39.7 Å². The Kier molecular flexibility index (Phi) is 5.34. The summed E-state index contributed by atoms with van der Waals surface area (Å²) < 4.78 is 5.97. The van der Waals surface area contributed by atoms with Crippen molar-refractivity contribution in [2.75, 3.05) is 13.1 Å². The molecule has 27 heavy (non-hydrogen) atoms. The van der Waals surface area contributed by atoms with Crippen molar-refractivity contribution in [3.63, 3.8) is 0 Å². The lowest BCUT2D eigenvalue weighted by Crippen LogP contribution is -2.44.